The molecule has 5 nitrogen and oxygen atoms in total. The smallest absolute Gasteiger partial charge is 0.239 e. The van der Waals surface area contributed by atoms with Gasteiger partial charge < -0.3 is 15.1 Å². The van der Waals surface area contributed by atoms with Crippen molar-refractivity contribution in [1.29, 1.82) is 0 Å². The summed E-state index contributed by atoms with van der Waals surface area (Å²) >= 11 is 3.49. The van der Waals surface area contributed by atoms with Gasteiger partial charge in [0, 0.05) is 30.1 Å². The monoisotopic (exact) mass is 379 g/mol. The highest BCUT2D eigenvalue weighted by atomic mass is 79.9. The quantitative estimate of drug-likeness (QED) is 0.814. The molecule has 0 spiro atoms. The Morgan fingerprint density at radius 2 is 2.09 bits per heavy atom. The summed E-state index contributed by atoms with van der Waals surface area (Å²) in [6.45, 7) is 2.16. The van der Waals surface area contributed by atoms with Crippen molar-refractivity contribution in [3.63, 3.8) is 0 Å². The third-order valence-corrected chi connectivity index (χ3v) is 5.42. The molecule has 2 saturated heterocycles. The zero-order valence-electron chi connectivity index (χ0n) is 13.3. The molecule has 2 heterocycles. The summed E-state index contributed by atoms with van der Waals surface area (Å²) in [5.41, 5.74) is 0.848. The van der Waals surface area contributed by atoms with Crippen LogP contribution in [0.4, 0.5) is 5.69 Å². The van der Waals surface area contributed by atoms with E-state index in [0.717, 1.165) is 36.1 Å². The lowest BCUT2D eigenvalue weighted by molar-refractivity contribution is -0.140. The van der Waals surface area contributed by atoms with Gasteiger partial charge in [0.05, 0.1) is 5.69 Å². The van der Waals surface area contributed by atoms with Gasteiger partial charge in [0.15, 0.2) is 0 Å². The van der Waals surface area contributed by atoms with Crippen molar-refractivity contribution >= 4 is 33.4 Å². The van der Waals surface area contributed by atoms with Gasteiger partial charge in [-0.1, -0.05) is 12.1 Å². The van der Waals surface area contributed by atoms with Crippen LogP contribution in [0.15, 0.2) is 28.7 Å². The van der Waals surface area contributed by atoms with Crippen molar-refractivity contribution in [1.82, 2.24) is 10.2 Å². The highest BCUT2D eigenvalue weighted by Gasteiger charge is 2.42. The van der Waals surface area contributed by atoms with Crippen LogP contribution in [0.25, 0.3) is 0 Å². The van der Waals surface area contributed by atoms with E-state index in [1.54, 1.807) is 4.90 Å². The van der Waals surface area contributed by atoms with Gasteiger partial charge in [-0.15, -0.1) is 0 Å². The third kappa shape index (κ3) is 3.15. The molecular weight excluding hydrogens is 358 g/mol. The molecule has 3 rings (SSSR count). The molecule has 6 heteroatoms. The Hall–Kier alpha value is -1.40. The summed E-state index contributed by atoms with van der Waals surface area (Å²) in [4.78, 5) is 29.2. The number of nitrogens with one attached hydrogen (secondary N) is 1. The predicted octanol–water partition coefficient (Wildman–Crippen LogP) is 2.01. The third-order valence-electron chi connectivity index (χ3n) is 4.75. The van der Waals surface area contributed by atoms with Gasteiger partial charge in [-0.2, -0.15) is 0 Å². The molecule has 0 aromatic heterocycles. The van der Waals surface area contributed by atoms with Gasteiger partial charge in [-0.3, -0.25) is 9.59 Å². The summed E-state index contributed by atoms with van der Waals surface area (Å²) < 4.78 is 0.885. The number of anilines is 1. The van der Waals surface area contributed by atoms with E-state index in [0.29, 0.717) is 13.0 Å². The van der Waals surface area contributed by atoms with E-state index in [4.69, 9.17) is 0 Å². The molecule has 1 aromatic rings. The molecule has 0 bridgehead atoms. The van der Waals surface area contributed by atoms with E-state index in [-0.39, 0.29) is 17.9 Å². The molecule has 2 amide bonds. The number of rotatable bonds is 4. The van der Waals surface area contributed by atoms with Crippen molar-refractivity contribution in [2.45, 2.75) is 25.3 Å². The summed E-state index contributed by atoms with van der Waals surface area (Å²) in [7, 11) is 1.90. The Bertz CT molecular complexity index is 607. The average Bonchev–Trinajstić information content (AvgIpc) is 3.15. The SMILES string of the molecule is CNC[C@@H]1CCCN1C(=O)[C@H]1CCN(c2ccccc2Br)C1=O. The Morgan fingerprint density at radius 3 is 2.83 bits per heavy atom. The van der Waals surface area contributed by atoms with Crippen molar-refractivity contribution in [3.05, 3.63) is 28.7 Å². The second kappa shape index (κ2) is 7.01. The zero-order chi connectivity index (χ0) is 16.4. The van der Waals surface area contributed by atoms with Crippen LogP contribution >= 0.6 is 15.9 Å². The van der Waals surface area contributed by atoms with E-state index >= 15 is 0 Å². The maximum atomic E-state index is 12.8. The van der Waals surface area contributed by atoms with Crippen LogP contribution in [0.3, 0.4) is 0 Å². The van der Waals surface area contributed by atoms with Crippen molar-refractivity contribution in [2.24, 2.45) is 5.92 Å². The van der Waals surface area contributed by atoms with Gasteiger partial charge in [-0.25, -0.2) is 0 Å². The van der Waals surface area contributed by atoms with Crippen molar-refractivity contribution < 1.29 is 9.59 Å². The number of hydrogen-bond acceptors (Lipinski definition) is 3. The number of hydrogen-bond donors (Lipinski definition) is 1. The predicted molar refractivity (Wildman–Crippen MR) is 93.3 cm³/mol. The Labute approximate surface area is 145 Å². The van der Waals surface area contributed by atoms with Gasteiger partial charge in [0.1, 0.15) is 5.92 Å². The topological polar surface area (TPSA) is 52.7 Å². The molecule has 23 heavy (non-hydrogen) atoms. The zero-order valence-corrected chi connectivity index (χ0v) is 14.9. The first kappa shape index (κ1) is 16.5. The summed E-state index contributed by atoms with van der Waals surface area (Å²) in [5, 5.41) is 3.14. The number of amides is 2. The Balaban J connectivity index is 1.74. The molecule has 1 N–H and O–H groups in total. The molecule has 2 aliphatic rings. The lowest BCUT2D eigenvalue weighted by atomic mass is 10.1. The molecule has 0 saturated carbocycles. The van der Waals surface area contributed by atoms with Gasteiger partial charge in [-0.05, 0) is 54.4 Å². The summed E-state index contributed by atoms with van der Waals surface area (Å²) in [6.07, 6.45) is 2.64. The van der Waals surface area contributed by atoms with Gasteiger partial charge in [0.2, 0.25) is 11.8 Å². The molecule has 1 aromatic carbocycles. The van der Waals surface area contributed by atoms with Gasteiger partial charge >= 0.3 is 0 Å². The van der Waals surface area contributed by atoms with Crippen LogP contribution in [0.2, 0.25) is 0 Å². The maximum absolute atomic E-state index is 12.8. The van der Waals surface area contributed by atoms with E-state index in [1.807, 2.05) is 36.2 Å². The number of halogens is 1. The highest BCUT2D eigenvalue weighted by Crippen LogP contribution is 2.33. The average molecular weight is 380 g/mol. The minimum Gasteiger partial charge on any atom is -0.338 e. The second-order valence-corrected chi connectivity index (χ2v) is 7.02. The molecule has 124 valence electrons. The van der Waals surface area contributed by atoms with Crippen molar-refractivity contribution in [3.8, 4) is 0 Å². The van der Waals surface area contributed by atoms with E-state index in [1.165, 1.54) is 0 Å². The highest BCUT2D eigenvalue weighted by molar-refractivity contribution is 9.10. The van der Waals surface area contributed by atoms with E-state index in [9.17, 15) is 9.59 Å². The number of para-hydroxylation sites is 1. The van der Waals surface area contributed by atoms with Crippen LogP contribution in [0.1, 0.15) is 19.3 Å². The molecule has 2 fully saturated rings. The largest absolute Gasteiger partial charge is 0.338 e. The lowest BCUT2D eigenvalue weighted by Crippen LogP contribution is -2.45. The standard InChI is InChI=1S/C17H22BrN3O2/c1-19-11-12-5-4-9-20(12)16(22)13-8-10-21(17(13)23)15-7-3-2-6-14(15)18/h2-3,6-7,12-13,19H,4-5,8-11H2,1H3/t12-,13+/m0/s1. The molecule has 0 aliphatic carbocycles. The fourth-order valence-corrected chi connectivity index (χ4v) is 4.09. The Kier molecular flexibility index (Phi) is 5.02. The number of carbonyl (C=O) groups is 2. The van der Waals surface area contributed by atoms with E-state index < -0.39 is 5.92 Å². The minimum atomic E-state index is -0.528. The molecule has 2 atom stereocenters. The van der Waals surface area contributed by atoms with Crippen LogP contribution in [0.5, 0.6) is 0 Å². The number of likely N-dealkylation sites (N-methyl/N-ethyl adjacent to an activating group) is 1. The lowest BCUT2D eigenvalue weighted by Gasteiger charge is -2.27. The first-order chi connectivity index (χ1) is 11.1. The summed E-state index contributed by atoms with van der Waals surface area (Å²) in [5.74, 6) is -0.598. The van der Waals surface area contributed by atoms with Crippen LogP contribution in [-0.2, 0) is 9.59 Å². The first-order valence-electron chi connectivity index (χ1n) is 8.14. The number of likely N-dealkylation sites (tertiary alicyclic amines) is 1. The molecular formula is C17H22BrN3O2. The fourth-order valence-electron chi connectivity index (χ4n) is 3.59. The number of benzene rings is 1. The first-order valence-corrected chi connectivity index (χ1v) is 8.93. The number of carbonyl (C=O) groups excluding carboxylic acids is 2. The van der Waals surface area contributed by atoms with Gasteiger partial charge in [0.25, 0.3) is 0 Å². The second-order valence-electron chi connectivity index (χ2n) is 6.17. The summed E-state index contributed by atoms with van der Waals surface area (Å²) in [6, 6.07) is 7.88. The number of nitrogens with zero attached hydrogens (tertiary/aromatic N) is 2. The minimum absolute atomic E-state index is 0.00213. The van der Waals surface area contributed by atoms with Crippen LogP contribution in [0, 0.1) is 5.92 Å². The molecule has 0 radical (unpaired) electrons. The van der Waals surface area contributed by atoms with Crippen LogP contribution < -0.4 is 10.2 Å². The normalized spacial score (nSPS) is 24.5. The van der Waals surface area contributed by atoms with Crippen LogP contribution in [-0.4, -0.2) is 49.4 Å². The maximum Gasteiger partial charge on any atom is 0.239 e. The van der Waals surface area contributed by atoms with Crippen molar-refractivity contribution in [2.75, 3.05) is 31.6 Å². The van der Waals surface area contributed by atoms with E-state index in [2.05, 4.69) is 21.2 Å². The molecule has 2 aliphatic heterocycles. The molecule has 0 unspecified atom stereocenters. The Morgan fingerprint density at radius 1 is 1.30 bits per heavy atom. The fraction of sp³-hybridized carbons (Fsp3) is 0.529.